The van der Waals surface area contributed by atoms with Gasteiger partial charge in [-0.05, 0) is 24.6 Å². The number of nitrogens with zero attached hydrogens (tertiary/aromatic N) is 1. The minimum Gasteiger partial charge on any atom is -0.313 e. The van der Waals surface area contributed by atoms with E-state index in [9.17, 15) is 22.4 Å². The summed E-state index contributed by atoms with van der Waals surface area (Å²) in [5, 5.41) is -0.0630. The van der Waals surface area contributed by atoms with Crippen molar-refractivity contribution >= 4 is 10.9 Å². The fraction of sp³-hybridized carbons (Fsp3) is 0.118. The van der Waals surface area contributed by atoms with Gasteiger partial charge in [0.2, 0.25) is 0 Å². The Kier molecular flexibility index (Phi) is 3.67. The quantitative estimate of drug-likeness (QED) is 0.651. The van der Waals surface area contributed by atoms with E-state index in [2.05, 4.69) is 0 Å². The molecule has 0 bridgehead atoms. The van der Waals surface area contributed by atoms with E-state index in [1.165, 1.54) is 16.8 Å². The lowest BCUT2D eigenvalue weighted by molar-refractivity contribution is 0.502. The number of aryl methyl sites for hydroxylation is 1. The summed E-state index contributed by atoms with van der Waals surface area (Å²) in [5.41, 5.74) is -0.532. The van der Waals surface area contributed by atoms with Gasteiger partial charge in [-0.15, -0.1) is 0 Å². The van der Waals surface area contributed by atoms with E-state index in [-0.39, 0.29) is 28.6 Å². The first kappa shape index (κ1) is 15.3. The molecule has 3 aromatic rings. The molecule has 0 aliphatic carbocycles. The van der Waals surface area contributed by atoms with Crippen molar-refractivity contribution in [1.29, 1.82) is 0 Å². The molecule has 1 aromatic heterocycles. The molecule has 0 aliphatic rings. The van der Waals surface area contributed by atoms with Crippen molar-refractivity contribution in [3.8, 4) is 5.69 Å². The molecule has 6 heteroatoms. The maximum Gasteiger partial charge on any atom is 0.189 e. The molecular weight excluding hydrogens is 310 g/mol. The van der Waals surface area contributed by atoms with Crippen LogP contribution in [0, 0.1) is 23.3 Å². The molecule has 2 aromatic carbocycles. The van der Waals surface area contributed by atoms with E-state index in [1.54, 1.807) is 6.92 Å². The normalized spacial score (nSPS) is 11.2. The standard InChI is InChI=1S/C17H11F4NO/c1-2-10-16(21)13(20)8-11-15(23)5-6-22(17(10)11)14-4-3-9(18)7-12(14)19/h3-8H,2H2,1H3. The molecule has 0 amide bonds. The molecule has 0 saturated carbocycles. The van der Waals surface area contributed by atoms with Gasteiger partial charge in [-0.3, -0.25) is 4.79 Å². The van der Waals surface area contributed by atoms with Crippen molar-refractivity contribution in [1.82, 2.24) is 4.57 Å². The van der Waals surface area contributed by atoms with Gasteiger partial charge in [-0.25, -0.2) is 17.6 Å². The number of rotatable bonds is 2. The lowest BCUT2D eigenvalue weighted by atomic mass is 10.0. The lowest BCUT2D eigenvalue weighted by Crippen LogP contribution is -2.12. The summed E-state index contributed by atoms with van der Waals surface area (Å²) in [6.07, 6.45) is 1.36. The highest BCUT2D eigenvalue weighted by atomic mass is 19.2. The minimum atomic E-state index is -1.14. The summed E-state index contributed by atoms with van der Waals surface area (Å²) in [7, 11) is 0. The second-order valence-corrected chi connectivity index (χ2v) is 5.05. The molecule has 0 spiro atoms. The zero-order valence-corrected chi connectivity index (χ0v) is 12.0. The Balaban J connectivity index is 2.50. The van der Waals surface area contributed by atoms with Crippen LogP contribution in [0.2, 0.25) is 0 Å². The van der Waals surface area contributed by atoms with Crippen molar-refractivity contribution < 1.29 is 17.6 Å². The number of halogens is 4. The number of benzene rings is 2. The maximum absolute atomic E-state index is 14.1. The summed E-state index contributed by atoms with van der Waals surface area (Å²) in [6, 6.07) is 4.83. The molecule has 1 heterocycles. The van der Waals surface area contributed by atoms with E-state index in [1.807, 2.05) is 0 Å². The maximum atomic E-state index is 14.1. The highest BCUT2D eigenvalue weighted by Gasteiger charge is 2.18. The van der Waals surface area contributed by atoms with E-state index in [4.69, 9.17) is 0 Å². The van der Waals surface area contributed by atoms with Gasteiger partial charge in [0.1, 0.15) is 11.6 Å². The van der Waals surface area contributed by atoms with Crippen LogP contribution in [0.15, 0.2) is 41.3 Å². The van der Waals surface area contributed by atoms with Gasteiger partial charge in [-0.1, -0.05) is 6.92 Å². The van der Waals surface area contributed by atoms with Gasteiger partial charge in [0, 0.05) is 29.3 Å². The smallest absolute Gasteiger partial charge is 0.189 e. The van der Waals surface area contributed by atoms with Crippen molar-refractivity contribution in [2.75, 3.05) is 0 Å². The van der Waals surface area contributed by atoms with Crippen LogP contribution in [-0.2, 0) is 6.42 Å². The van der Waals surface area contributed by atoms with Crippen LogP contribution in [0.4, 0.5) is 17.6 Å². The van der Waals surface area contributed by atoms with Gasteiger partial charge in [-0.2, -0.15) is 0 Å². The average Bonchev–Trinajstić information content (AvgIpc) is 2.51. The molecule has 3 rings (SSSR count). The van der Waals surface area contributed by atoms with Crippen molar-refractivity contribution in [3.63, 3.8) is 0 Å². The molecule has 0 N–H and O–H groups in total. The first-order valence-electron chi connectivity index (χ1n) is 6.91. The van der Waals surface area contributed by atoms with E-state index < -0.39 is 28.7 Å². The summed E-state index contributed by atoms with van der Waals surface area (Å²) in [5.74, 6) is -3.85. The molecule has 0 radical (unpaired) electrons. The monoisotopic (exact) mass is 321 g/mol. The third kappa shape index (κ3) is 2.40. The topological polar surface area (TPSA) is 22.0 Å². The first-order valence-corrected chi connectivity index (χ1v) is 6.91. The number of aromatic nitrogens is 1. The predicted octanol–water partition coefficient (Wildman–Crippen LogP) is 4.11. The van der Waals surface area contributed by atoms with E-state index in [0.717, 1.165) is 18.2 Å². The molecule has 23 heavy (non-hydrogen) atoms. The first-order chi connectivity index (χ1) is 10.9. The summed E-state index contributed by atoms with van der Waals surface area (Å²) in [4.78, 5) is 12.0. The van der Waals surface area contributed by atoms with Crippen LogP contribution in [0.1, 0.15) is 12.5 Å². The Labute approximate surface area is 128 Å². The summed E-state index contributed by atoms with van der Waals surface area (Å²) < 4.78 is 56.2. The predicted molar refractivity (Wildman–Crippen MR) is 78.8 cm³/mol. The van der Waals surface area contributed by atoms with Gasteiger partial charge < -0.3 is 4.57 Å². The third-order valence-electron chi connectivity index (χ3n) is 3.69. The fourth-order valence-electron chi connectivity index (χ4n) is 2.64. The Morgan fingerprint density at radius 2 is 1.74 bits per heavy atom. The average molecular weight is 321 g/mol. The van der Waals surface area contributed by atoms with Crippen molar-refractivity contribution in [2.45, 2.75) is 13.3 Å². The lowest BCUT2D eigenvalue weighted by Gasteiger charge is -2.15. The second kappa shape index (κ2) is 5.53. The van der Waals surface area contributed by atoms with Crippen LogP contribution < -0.4 is 5.43 Å². The zero-order chi connectivity index (χ0) is 16.7. The van der Waals surface area contributed by atoms with E-state index in [0.29, 0.717) is 6.07 Å². The van der Waals surface area contributed by atoms with Crippen LogP contribution in [0.5, 0.6) is 0 Å². The minimum absolute atomic E-state index is 0.0403. The number of pyridine rings is 1. The van der Waals surface area contributed by atoms with Crippen molar-refractivity contribution in [3.05, 3.63) is 75.6 Å². The highest BCUT2D eigenvalue weighted by Crippen LogP contribution is 2.26. The van der Waals surface area contributed by atoms with Gasteiger partial charge in [0.25, 0.3) is 0 Å². The molecule has 0 saturated heterocycles. The number of fused-ring (bicyclic) bond motifs is 1. The third-order valence-corrected chi connectivity index (χ3v) is 3.69. The molecule has 0 unspecified atom stereocenters. The van der Waals surface area contributed by atoms with Crippen LogP contribution in [0.3, 0.4) is 0 Å². The highest BCUT2D eigenvalue weighted by molar-refractivity contribution is 5.84. The Hall–Kier alpha value is -2.63. The fourth-order valence-corrected chi connectivity index (χ4v) is 2.64. The molecule has 2 nitrogen and oxygen atoms in total. The second-order valence-electron chi connectivity index (χ2n) is 5.05. The SMILES string of the molecule is CCc1c(F)c(F)cc2c(=O)ccn(-c3ccc(F)cc3F)c12. The van der Waals surface area contributed by atoms with Crippen LogP contribution in [0.25, 0.3) is 16.6 Å². The Morgan fingerprint density at radius 1 is 1.00 bits per heavy atom. The summed E-state index contributed by atoms with van der Waals surface area (Å²) in [6.45, 7) is 1.60. The number of hydrogen-bond acceptors (Lipinski definition) is 1. The van der Waals surface area contributed by atoms with Crippen molar-refractivity contribution in [2.24, 2.45) is 0 Å². The van der Waals surface area contributed by atoms with Gasteiger partial charge in [0.05, 0.1) is 11.2 Å². The summed E-state index contributed by atoms with van der Waals surface area (Å²) >= 11 is 0. The molecule has 0 aliphatic heterocycles. The Morgan fingerprint density at radius 3 is 2.39 bits per heavy atom. The Bertz CT molecular complexity index is 978. The van der Waals surface area contributed by atoms with Gasteiger partial charge >= 0.3 is 0 Å². The molecular formula is C17H11F4NO. The van der Waals surface area contributed by atoms with Gasteiger partial charge in [0.15, 0.2) is 17.1 Å². The molecule has 0 fully saturated rings. The zero-order valence-electron chi connectivity index (χ0n) is 12.0. The van der Waals surface area contributed by atoms with E-state index >= 15 is 0 Å². The number of hydrogen-bond donors (Lipinski definition) is 0. The van der Waals surface area contributed by atoms with Crippen LogP contribution >= 0.6 is 0 Å². The largest absolute Gasteiger partial charge is 0.313 e. The van der Waals surface area contributed by atoms with Crippen LogP contribution in [-0.4, -0.2) is 4.57 Å². The molecule has 0 atom stereocenters. The molecule has 118 valence electrons.